The molecule has 0 saturated heterocycles. The van der Waals surface area contributed by atoms with Gasteiger partial charge in [-0.15, -0.1) is 5.10 Å². The number of allylic oxidation sites excluding steroid dienone is 2. The van der Waals surface area contributed by atoms with Crippen molar-refractivity contribution in [3.05, 3.63) is 12.4 Å². The molecule has 0 radical (unpaired) electrons. The molecule has 1 aromatic heterocycles. The van der Waals surface area contributed by atoms with Crippen LogP contribution in [0.25, 0.3) is 5.70 Å². The van der Waals surface area contributed by atoms with Gasteiger partial charge in [0.1, 0.15) is 6.33 Å². The predicted octanol–water partition coefficient (Wildman–Crippen LogP) is 0.944. The van der Waals surface area contributed by atoms with Gasteiger partial charge in [-0.25, -0.2) is 4.68 Å². The zero-order valence-electron chi connectivity index (χ0n) is 6.15. The van der Waals surface area contributed by atoms with Gasteiger partial charge in [0.2, 0.25) is 0 Å². The van der Waals surface area contributed by atoms with Crippen molar-refractivity contribution in [3.8, 4) is 0 Å². The highest BCUT2D eigenvalue weighted by atomic mass is 15.5. The minimum Gasteiger partial charge on any atom is -0.205 e. The number of aromatic nitrogens is 4. The molecule has 4 heteroatoms. The Balaban J connectivity index is 2.85. The van der Waals surface area contributed by atoms with Crippen molar-refractivity contribution >= 4 is 5.70 Å². The van der Waals surface area contributed by atoms with Crippen LogP contribution in [0, 0.1) is 0 Å². The Morgan fingerprint density at radius 2 is 2.50 bits per heavy atom. The second kappa shape index (κ2) is 3.10. The molecule has 0 aliphatic carbocycles. The Morgan fingerprint density at radius 1 is 1.70 bits per heavy atom. The molecule has 0 unspecified atom stereocenters. The summed E-state index contributed by atoms with van der Waals surface area (Å²) in [5, 5.41) is 10.8. The van der Waals surface area contributed by atoms with Gasteiger partial charge in [-0.05, 0) is 23.8 Å². The Labute approximate surface area is 59.5 Å². The highest BCUT2D eigenvalue weighted by molar-refractivity contribution is 5.41. The summed E-state index contributed by atoms with van der Waals surface area (Å²) in [5.41, 5.74) is 1.12. The van der Waals surface area contributed by atoms with Gasteiger partial charge in [-0.2, -0.15) is 0 Å². The fourth-order valence-electron chi connectivity index (χ4n) is 0.791. The highest BCUT2D eigenvalue weighted by Crippen LogP contribution is 2.03. The summed E-state index contributed by atoms with van der Waals surface area (Å²) in [4.78, 5) is 0. The number of nitrogens with zero attached hydrogens (tertiary/aromatic N) is 4. The second-order valence-corrected chi connectivity index (χ2v) is 1.89. The lowest BCUT2D eigenvalue weighted by Crippen LogP contribution is -1.96. The zero-order chi connectivity index (χ0) is 7.40. The Morgan fingerprint density at radius 3 is 2.90 bits per heavy atom. The Hall–Kier alpha value is -1.19. The smallest absolute Gasteiger partial charge is 0.143 e. The van der Waals surface area contributed by atoms with E-state index >= 15 is 0 Å². The minimum atomic E-state index is 0.946. The normalized spacial score (nSPS) is 12.0. The third-order valence-corrected chi connectivity index (χ3v) is 1.34. The quantitative estimate of drug-likeness (QED) is 0.611. The van der Waals surface area contributed by atoms with Crippen molar-refractivity contribution in [2.75, 3.05) is 0 Å². The van der Waals surface area contributed by atoms with Crippen LogP contribution in [0.3, 0.4) is 0 Å². The third-order valence-electron chi connectivity index (χ3n) is 1.34. The highest BCUT2D eigenvalue weighted by Gasteiger charge is 1.95. The van der Waals surface area contributed by atoms with Gasteiger partial charge in [0.15, 0.2) is 0 Å². The van der Waals surface area contributed by atoms with Crippen molar-refractivity contribution < 1.29 is 0 Å². The molecule has 0 aliphatic rings. The molecule has 0 N–H and O–H groups in total. The molecular formula is C6H10N4. The van der Waals surface area contributed by atoms with Gasteiger partial charge in [0, 0.05) is 5.70 Å². The van der Waals surface area contributed by atoms with Crippen LogP contribution in [0.1, 0.15) is 20.3 Å². The van der Waals surface area contributed by atoms with E-state index in [9.17, 15) is 0 Å². The molecule has 4 nitrogen and oxygen atoms in total. The summed E-state index contributed by atoms with van der Waals surface area (Å²) in [6.45, 7) is 4.04. The molecule has 10 heavy (non-hydrogen) atoms. The fourth-order valence-corrected chi connectivity index (χ4v) is 0.791. The van der Waals surface area contributed by atoms with Gasteiger partial charge in [-0.3, -0.25) is 0 Å². The maximum Gasteiger partial charge on any atom is 0.143 e. The second-order valence-electron chi connectivity index (χ2n) is 1.89. The Kier molecular flexibility index (Phi) is 2.15. The van der Waals surface area contributed by atoms with Crippen LogP contribution in [0.5, 0.6) is 0 Å². The fraction of sp³-hybridized carbons (Fsp3) is 0.500. The molecule has 1 heterocycles. The predicted molar refractivity (Wildman–Crippen MR) is 38.1 cm³/mol. The van der Waals surface area contributed by atoms with Crippen LogP contribution in [-0.4, -0.2) is 20.2 Å². The van der Waals surface area contributed by atoms with Crippen molar-refractivity contribution in [2.45, 2.75) is 20.3 Å². The van der Waals surface area contributed by atoms with E-state index in [1.165, 1.54) is 0 Å². The van der Waals surface area contributed by atoms with Gasteiger partial charge in [0.25, 0.3) is 0 Å². The molecule has 0 aliphatic heterocycles. The van der Waals surface area contributed by atoms with E-state index in [1.54, 1.807) is 11.0 Å². The van der Waals surface area contributed by atoms with Crippen molar-refractivity contribution in [1.29, 1.82) is 0 Å². The Bertz CT molecular complexity index is 212. The molecule has 0 saturated carbocycles. The summed E-state index contributed by atoms with van der Waals surface area (Å²) < 4.78 is 1.67. The topological polar surface area (TPSA) is 43.6 Å². The van der Waals surface area contributed by atoms with E-state index in [0.29, 0.717) is 0 Å². The lowest BCUT2D eigenvalue weighted by atomic mass is 10.3. The summed E-state index contributed by atoms with van der Waals surface area (Å²) in [6.07, 6.45) is 4.54. The van der Waals surface area contributed by atoms with E-state index < -0.39 is 0 Å². The third kappa shape index (κ3) is 1.21. The van der Waals surface area contributed by atoms with Crippen LogP contribution in [0.4, 0.5) is 0 Å². The van der Waals surface area contributed by atoms with Gasteiger partial charge >= 0.3 is 0 Å². The van der Waals surface area contributed by atoms with Crippen LogP contribution in [0.15, 0.2) is 12.4 Å². The molecule has 54 valence electrons. The first-order chi connectivity index (χ1) is 4.88. The monoisotopic (exact) mass is 138 g/mol. The van der Waals surface area contributed by atoms with Gasteiger partial charge in [0.05, 0.1) is 0 Å². The summed E-state index contributed by atoms with van der Waals surface area (Å²) in [6, 6.07) is 0. The molecule has 0 aromatic carbocycles. The van der Waals surface area contributed by atoms with Crippen LogP contribution in [-0.2, 0) is 0 Å². The number of hydrogen-bond acceptors (Lipinski definition) is 3. The van der Waals surface area contributed by atoms with E-state index in [-0.39, 0.29) is 0 Å². The number of tetrazole rings is 1. The maximum absolute atomic E-state index is 3.75. The summed E-state index contributed by atoms with van der Waals surface area (Å²) in [7, 11) is 0. The largest absolute Gasteiger partial charge is 0.205 e. The van der Waals surface area contributed by atoms with Gasteiger partial charge < -0.3 is 0 Å². The van der Waals surface area contributed by atoms with Gasteiger partial charge in [-0.1, -0.05) is 13.0 Å². The van der Waals surface area contributed by atoms with Crippen LogP contribution < -0.4 is 0 Å². The number of hydrogen-bond donors (Lipinski definition) is 0. The maximum atomic E-state index is 3.75. The average molecular weight is 138 g/mol. The average Bonchev–Trinajstić information content (AvgIpc) is 2.43. The lowest BCUT2D eigenvalue weighted by Gasteiger charge is -1.98. The van der Waals surface area contributed by atoms with E-state index in [2.05, 4.69) is 22.4 Å². The summed E-state index contributed by atoms with van der Waals surface area (Å²) in [5.74, 6) is 0. The van der Waals surface area contributed by atoms with E-state index in [1.807, 2.05) is 13.0 Å². The van der Waals surface area contributed by atoms with Crippen molar-refractivity contribution in [3.63, 3.8) is 0 Å². The van der Waals surface area contributed by atoms with E-state index in [4.69, 9.17) is 0 Å². The molecule has 0 atom stereocenters. The number of rotatable bonds is 2. The molecule has 0 bridgehead atoms. The first-order valence-corrected chi connectivity index (χ1v) is 3.27. The SMILES string of the molecule is C/C=C(\CC)n1cnnn1. The van der Waals surface area contributed by atoms with Crippen molar-refractivity contribution in [2.24, 2.45) is 0 Å². The molecule has 0 amide bonds. The van der Waals surface area contributed by atoms with Crippen LogP contribution in [0.2, 0.25) is 0 Å². The first-order valence-electron chi connectivity index (χ1n) is 3.27. The zero-order valence-corrected chi connectivity index (χ0v) is 6.15. The van der Waals surface area contributed by atoms with Crippen molar-refractivity contribution in [1.82, 2.24) is 20.2 Å². The molecule has 1 rings (SSSR count). The minimum absolute atomic E-state index is 0.946. The van der Waals surface area contributed by atoms with E-state index in [0.717, 1.165) is 12.1 Å². The summed E-state index contributed by atoms with van der Waals surface area (Å²) >= 11 is 0. The molecule has 1 aromatic rings. The van der Waals surface area contributed by atoms with Crippen LogP contribution >= 0.6 is 0 Å². The first kappa shape index (κ1) is 6.92. The standard InChI is InChI=1S/C6H10N4/c1-3-6(4-2)10-5-7-8-9-10/h3,5H,4H2,1-2H3/b6-3+. The molecular weight excluding hydrogens is 128 g/mol. The molecule has 0 spiro atoms. The lowest BCUT2D eigenvalue weighted by molar-refractivity contribution is 0.783. The molecule has 0 fully saturated rings.